The maximum absolute atomic E-state index is 12.6. The van der Waals surface area contributed by atoms with Crippen molar-refractivity contribution in [3.05, 3.63) is 78.6 Å². The number of amides is 1. The fourth-order valence-corrected chi connectivity index (χ4v) is 4.88. The molecule has 4 aromatic rings. The maximum Gasteiger partial charge on any atom is 0.226 e. The smallest absolute Gasteiger partial charge is 0.226 e. The summed E-state index contributed by atoms with van der Waals surface area (Å²) in [7, 11) is 0. The molecule has 6 rings (SSSR count). The van der Waals surface area contributed by atoms with Gasteiger partial charge in [0.25, 0.3) is 0 Å². The molecule has 0 aliphatic carbocycles. The Kier molecular flexibility index (Phi) is 5.72. The molecule has 7 nitrogen and oxygen atoms in total. The summed E-state index contributed by atoms with van der Waals surface area (Å²) in [6.07, 6.45) is 3.87. The fourth-order valence-electron chi connectivity index (χ4n) is 4.88. The lowest BCUT2D eigenvalue weighted by Crippen LogP contribution is -2.49. The van der Waals surface area contributed by atoms with Gasteiger partial charge in [-0.2, -0.15) is 0 Å². The highest BCUT2D eigenvalue weighted by molar-refractivity contribution is 5.91. The van der Waals surface area contributed by atoms with Crippen molar-refractivity contribution in [1.82, 2.24) is 14.9 Å². The number of aryl methyl sites for hydroxylation is 1. The summed E-state index contributed by atoms with van der Waals surface area (Å²) in [4.78, 5) is 17.0. The van der Waals surface area contributed by atoms with Crippen LogP contribution in [0.25, 0.3) is 22.2 Å². The first-order chi connectivity index (χ1) is 17.2. The third kappa shape index (κ3) is 4.52. The Morgan fingerprint density at radius 3 is 2.80 bits per heavy atom. The molecule has 1 aromatic heterocycles. The Bertz CT molecular complexity index is 1370. The molecule has 2 aliphatic rings. The second-order valence-corrected chi connectivity index (χ2v) is 9.18. The minimum atomic E-state index is -0.493. The van der Waals surface area contributed by atoms with Crippen molar-refractivity contribution in [3.8, 4) is 16.9 Å². The summed E-state index contributed by atoms with van der Waals surface area (Å²) in [5, 5.41) is 6.39. The van der Waals surface area contributed by atoms with Crippen LogP contribution in [0.15, 0.2) is 73.1 Å². The molecule has 0 atom stereocenters. The van der Waals surface area contributed by atoms with E-state index in [1.807, 2.05) is 59.2 Å². The molecule has 0 radical (unpaired) electrons. The third-order valence-electron chi connectivity index (χ3n) is 6.80. The summed E-state index contributed by atoms with van der Waals surface area (Å²) < 4.78 is 14.5. The van der Waals surface area contributed by atoms with Crippen LogP contribution in [0.3, 0.4) is 0 Å². The van der Waals surface area contributed by atoms with Crippen molar-refractivity contribution in [1.29, 1.82) is 0 Å². The zero-order valence-corrected chi connectivity index (χ0v) is 19.5. The normalized spacial score (nSPS) is 16.6. The summed E-state index contributed by atoms with van der Waals surface area (Å²) in [5.41, 5.74) is 5.91. The van der Waals surface area contributed by atoms with Gasteiger partial charge < -0.3 is 24.7 Å². The molecule has 2 aliphatic heterocycles. The summed E-state index contributed by atoms with van der Waals surface area (Å²) >= 11 is 0. The first-order valence-electron chi connectivity index (χ1n) is 12.1. The number of nitrogens with one attached hydrogen (secondary N) is 2. The average Bonchev–Trinajstić information content (AvgIpc) is 3.31. The van der Waals surface area contributed by atoms with Crippen LogP contribution in [-0.2, 0) is 22.7 Å². The van der Waals surface area contributed by atoms with E-state index in [0.717, 1.165) is 65.1 Å². The van der Waals surface area contributed by atoms with E-state index in [1.165, 1.54) is 0 Å². The maximum atomic E-state index is 12.6. The van der Waals surface area contributed by atoms with Crippen LogP contribution in [0, 0.1) is 0 Å². The van der Waals surface area contributed by atoms with Crippen molar-refractivity contribution in [3.63, 3.8) is 0 Å². The first-order valence-corrected chi connectivity index (χ1v) is 12.1. The van der Waals surface area contributed by atoms with Gasteiger partial charge in [-0.25, -0.2) is 4.98 Å². The highest BCUT2D eigenvalue weighted by Crippen LogP contribution is 2.38. The Hall–Kier alpha value is -3.68. The number of hydrogen-bond acceptors (Lipinski definition) is 5. The zero-order valence-electron chi connectivity index (χ0n) is 19.5. The van der Waals surface area contributed by atoms with Gasteiger partial charge >= 0.3 is 0 Å². The largest absolute Gasteiger partial charge is 0.462 e. The van der Waals surface area contributed by atoms with E-state index in [9.17, 15) is 4.79 Å². The molecule has 7 heteroatoms. The van der Waals surface area contributed by atoms with Gasteiger partial charge in [0.2, 0.25) is 11.7 Å². The number of carbonyl (C=O) groups is 1. The minimum Gasteiger partial charge on any atom is -0.462 e. The molecule has 1 fully saturated rings. The minimum absolute atomic E-state index is 0.0283. The van der Waals surface area contributed by atoms with E-state index in [1.54, 1.807) is 6.33 Å². The Balaban J connectivity index is 1.12. The molecular formula is C28H28N4O3. The SMILES string of the molecule is O=C(CCn1cnc2ccccc21)Nc1cccc(-c2ccc3c(c2)COC2(CCNCC2)O3)c1. The number of ether oxygens (including phenoxy) is 2. The molecule has 0 unspecified atom stereocenters. The summed E-state index contributed by atoms with van der Waals surface area (Å²) in [6, 6.07) is 22.1. The molecule has 3 aromatic carbocycles. The number of para-hydroxylation sites is 2. The standard InChI is InChI=1S/C28H28N4O3/c33-27(10-15-32-19-30-24-6-1-2-7-25(24)32)31-23-5-3-4-20(17-23)21-8-9-26-22(16-21)18-34-28(35-26)11-13-29-14-12-28/h1-9,16-17,19,29H,10-15,18H2,(H,31,33). The first kappa shape index (κ1) is 21.8. The van der Waals surface area contributed by atoms with Crippen molar-refractivity contribution < 1.29 is 14.3 Å². The number of benzene rings is 3. The van der Waals surface area contributed by atoms with E-state index < -0.39 is 5.79 Å². The quantitative estimate of drug-likeness (QED) is 0.443. The van der Waals surface area contributed by atoms with Gasteiger partial charge in [-0.15, -0.1) is 0 Å². The number of aromatic nitrogens is 2. The van der Waals surface area contributed by atoms with Crippen molar-refractivity contribution in [2.75, 3.05) is 18.4 Å². The van der Waals surface area contributed by atoms with Crippen LogP contribution >= 0.6 is 0 Å². The van der Waals surface area contributed by atoms with E-state index in [2.05, 4.69) is 27.8 Å². The number of carbonyl (C=O) groups excluding carboxylic acids is 1. The fraction of sp³-hybridized carbons (Fsp3) is 0.286. The van der Waals surface area contributed by atoms with E-state index in [0.29, 0.717) is 19.6 Å². The van der Waals surface area contributed by atoms with Crippen LogP contribution < -0.4 is 15.4 Å². The van der Waals surface area contributed by atoms with Crippen LogP contribution in [0.1, 0.15) is 24.8 Å². The molecule has 1 spiro atoms. The monoisotopic (exact) mass is 468 g/mol. The lowest BCUT2D eigenvalue weighted by Gasteiger charge is -2.41. The van der Waals surface area contributed by atoms with Crippen molar-refractivity contribution in [2.24, 2.45) is 0 Å². The Morgan fingerprint density at radius 2 is 1.89 bits per heavy atom. The molecule has 1 amide bonds. The van der Waals surface area contributed by atoms with Crippen LogP contribution in [0.4, 0.5) is 5.69 Å². The van der Waals surface area contributed by atoms with Gasteiger partial charge in [0.15, 0.2) is 0 Å². The van der Waals surface area contributed by atoms with Gasteiger partial charge in [0, 0.05) is 50.1 Å². The van der Waals surface area contributed by atoms with Gasteiger partial charge in [-0.05, 0) is 47.5 Å². The van der Waals surface area contributed by atoms with Gasteiger partial charge in [0.05, 0.1) is 24.0 Å². The lowest BCUT2D eigenvalue weighted by atomic mass is 9.99. The predicted molar refractivity (Wildman–Crippen MR) is 135 cm³/mol. The van der Waals surface area contributed by atoms with Crippen molar-refractivity contribution >= 4 is 22.6 Å². The van der Waals surface area contributed by atoms with Gasteiger partial charge in [-0.3, -0.25) is 4.79 Å². The molecule has 178 valence electrons. The molecular weight excluding hydrogens is 440 g/mol. The van der Waals surface area contributed by atoms with Gasteiger partial charge in [-0.1, -0.05) is 30.3 Å². The highest BCUT2D eigenvalue weighted by Gasteiger charge is 2.38. The number of fused-ring (bicyclic) bond motifs is 2. The Labute approximate surface area is 204 Å². The van der Waals surface area contributed by atoms with E-state index in [-0.39, 0.29) is 5.91 Å². The number of rotatable bonds is 5. The van der Waals surface area contributed by atoms with E-state index in [4.69, 9.17) is 9.47 Å². The number of anilines is 1. The third-order valence-corrected chi connectivity index (χ3v) is 6.80. The molecule has 3 heterocycles. The van der Waals surface area contributed by atoms with Gasteiger partial charge in [0.1, 0.15) is 5.75 Å². The number of hydrogen-bond donors (Lipinski definition) is 2. The van der Waals surface area contributed by atoms with Crippen LogP contribution in [0.5, 0.6) is 5.75 Å². The average molecular weight is 469 g/mol. The molecule has 0 bridgehead atoms. The Morgan fingerprint density at radius 1 is 1.03 bits per heavy atom. The summed E-state index contributed by atoms with van der Waals surface area (Å²) in [5.74, 6) is 0.380. The molecule has 2 N–H and O–H groups in total. The second kappa shape index (κ2) is 9.17. The lowest BCUT2D eigenvalue weighted by molar-refractivity contribution is -0.218. The number of piperidine rings is 1. The predicted octanol–water partition coefficient (Wildman–Crippen LogP) is 4.72. The molecule has 35 heavy (non-hydrogen) atoms. The summed E-state index contributed by atoms with van der Waals surface area (Å²) in [6.45, 7) is 2.94. The second-order valence-electron chi connectivity index (χ2n) is 9.18. The highest BCUT2D eigenvalue weighted by atomic mass is 16.7. The molecule has 1 saturated heterocycles. The number of imidazole rings is 1. The van der Waals surface area contributed by atoms with Crippen LogP contribution in [-0.4, -0.2) is 34.3 Å². The van der Waals surface area contributed by atoms with Crippen LogP contribution in [0.2, 0.25) is 0 Å². The molecule has 0 saturated carbocycles. The zero-order chi connectivity index (χ0) is 23.7. The topological polar surface area (TPSA) is 77.4 Å². The number of nitrogens with zero attached hydrogens (tertiary/aromatic N) is 2. The van der Waals surface area contributed by atoms with Crippen molar-refractivity contribution in [2.45, 2.75) is 38.2 Å². The van der Waals surface area contributed by atoms with E-state index >= 15 is 0 Å².